The number of aliphatic imine (C=N–C) groups is 1. The highest BCUT2D eigenvalue weighted by atomic mass is 32.2. The van der Waals surface area contributed by atoms with Crippen molar-refractivity contribution in [3.63, 3.8) is 0 Å². The number of aryl methyl sites for hydroxylation is 1. The lowest BCUT2D eigenvalue weighted by Gasteiger charge is -2.25. The molecule has 3 aliphatic rings. The van der Waals surface area contributed by atoms with Crippen LogP contribution in [0.15, 0.2) is 69.0 Å². The number of thioether (sulfide) groups is 1. The van der Waals surface area contributed by atoms with Crippen molar-refractivity contribution in [2.45, 2.75) is 94.5 Å². The first-order valence-corrected chi connectivity index (χ1v) is 32.0. The van der Waals surface area contributed by atoms with Crippen molar-refractivity contribution in [3.8, 4) is 43.4 Å². The van der Waals surface area contributed by atoms with Gasteiger partial charge in [0.25, 0.3) is 11.8 Å². The van der Waals surface area contributed by atoms with E-state index in [9.17, 15) is 43.8 Å². The fraction of sp³-hybridized carbons (Fsp3) is 0.382. The Morgan fingerprint density at radius 2 is 1.47 bits per heavy atom. The zero-order valence-corrected chi connectivity index (χ0v) is 51.0. The first-order chi connectivity index (χ1) is 40.9. The fourth-order valence-electron chi connectivity index (χ4n) is 9.61. The zero-order valence-electron chi connectivity index (χ0n) is 46.1. The summed E-state index contributed by atoms with van der Waals surface area (Å²) < 4.78 is 11.1. The molecular weight excluding hydrogens is 1210 g/mol. The first-order valence-electron chi connectivity index (χ1n) is 26.8. The molecule has 85 heavy (non-hydrogen) atoms. The number of nitrogens with zero attached hydrogens (tertiary/aromatic N) is 7. The Bertz CT molecular complexity index is 3670. The summed E-state index contributed by atoms with van der Waals surface area (Å²) in [6, 6.07) is 8.51. The molecule has 6 aromatic heterocycles. The predicted molar refractivity (Wildman–Crippen MR) is 324 cm³/mol. The summed E-state index contributed by atoms with van der Waals surface area (Å²) in [7, 11) is 2.97. The number of aliphatic hydroxyl groups excluding tert-OH is 1. The molecule has 444 valence electrons. The van der Waals surface area contributed by atoms with E-state index in [4.69, 9.17) is 39.4 Å². The standard InChI is InChI=1S/C55H57N13O11S6/c1-24(2)39-53-68-42(35(85-53)19-78-5)46(73)57-18-38(70)65-43(44(71)26-9-7-6-8-10-26)52-62-34(22-82-52)50-60-32(20-81-50)41-29(15-16-30(58-41)49-63-36(23-83-49)64-55(77)79-28-13-11-27(12-14-28)54(75)76)48-61-33(21-80-48)45(72)59-31(17-37(69)56-4)51-67-40(25(3)84-51)47(74)66-39/h6-10,15-16,20-24,27-28,31,35,39,42-44,71H,11-14,17-19H2,1-5H3,(H,56,69)(H,57,73)(H,59,72)(H,64,77)(H,65,70)(H,66,74)(H,75,76)/t27-,28-,31-,35?,39-,42?,43-,44-/m0/s1. The number of pyridine rings is 1. The fourth-order valence-corrected chi connectivity index (χ4v) is 15.3. The van der Waals surface area contributed by atoms with Crippen LogP contribution in [-0.4, -0.2) is 138 Å². The Morgan fingerprint density at radius 1 is 0.753 bits per heavy atom. The number of carboxylic acid groups (broad SMARTS) is 1. The quantitative estimate of drug-likeness (QED) is 0.0623. The molecule has 24 nitrogen and oxygen atoms in total. The Balaban J connectivity index is 1.01. The number of fused-ring (bicyclic) bond motifs is 13. The highest BCUT2D eigenvalue weighted by Gasteiger charge is 2.40. The van der Waals surface area contributed by atoms with Crippen molar-refractivity contribution in [3.05, 3.63) is 95.8 Å². The van der Waals surface area contributed by atoms with Gasteiger partial charge in [0.15, 0.2) is 0 Å². The second-order valence-corrected chi connectivity index (χ2v) is 26.3. The number of carboxylic acids is 1. The Hall–Kier alpha value is -7.45. The number of carbonyl (C=O) groups excluding carboxylic acids is 6. The van der Waals surface area contributed by atoms with Crippen molar-refractivity contribution in [1.82, 2.24) is 56.5 Å². The zero-order chi connectivity index (χ0) is 60.1. The minimum absolute atomic E-state index is 0.0197. The number of rotatable bonds is 11. The molecule has 0 spiro atoms. The number of aliphatic carboxylic acids is 1. The summed E-state index contributed by atoms with van der Waals surface area (Å²) in [4.78, 5) is 128. The molecule has 30 heteroatoms. The summed E-state index contributed by atoms with van der Waals surface area (Å²) in [6.45, 7) is 5.14. The van der Waals surface area contributed by atoms with Crippen LogP contribution < -0.4 is 31.9 Å². The van der Waals surface area contributed by atoms with E-state index in [1.54, 1.807) is 70.9 Å². The molecule has 2 aliphatic heterocycles. The van der Waals surface area contributed by atoms with Crippen LogP contribution in [0, 0.1) is 18.8 Å². The van der Waals surface area contributed by atoms with Gasteiger partial charge in [-0.25, -0.2) is 34.7 Å². The number of amides is 6. The van der Waals surface area contributed by atoms with E-state index in [2.05, 4.69) is 36.9 Å². The lowest BCUT2D eigenvalue weighted by atomic mass is 9.87. The number of thiazole rings is 5. The summed E-state index contributed by atoms with van der Waals surface area (Å²) >= 11 is 7.26. The molecule has 0 radical (unpaired) electrons. The molecule has 0 saturated heterocycles. The number of nitrogens with one attached hydrogen (secondary N) is 6. The highest BCUT2D eigenvalue weighted by Crippen LogP contribution is 2.40. The maximum atomic E-state index is 14.3. The summed E-state index contributed by atoms with van der Waals surface area (Å²) in [5.41, 5.74) is 2.65. The van der Waals surface area contributed by atoms with Crippen LogP contribution in [-0.2, 0) is 28.7 Å². The van der Waals surface area contributed by atoms with Gasteiger partial charge < -0.3 is 46.3 Å². The smallest absolute Gasteiger partial charge is 0.413 e. The normalized spacial score (nSPS) is 21.6. The number of ether oxygens (including phenoxy) is 2. The topological polar surface area (TPSA) is 340 Å². The van der Waals surface area contributed by atoms with Crippen molar-refractivity contribution in [1.29, 1.82) is 0 Å². The number of anilines is 1. The number of carbonyl (C=O) groups is 7. The van der Waals surface area contributed by atoms with Gasteiger partial charge in [0.2, 0.25) is 17.7 Å². The number of aromatic nitrogens is 6. The van der Waals surface area contributed by atoms with E-state index in [1.165, 1.54) is 71.3 Å². The molecule has 6 amide bonds. The van der Waals surface area contributed by atoms with E-state index in [1.807, 2.05) is 13.8 Å². The van der Waals surface area contributed by atoms with Crippen LogP contribution >= 0.6 is 68.4 Å². The number of hydrogen-bond donors (Lipinski definition) is 8. The van der Waals surface area contributed by atoms with Gasteiger partial charge in [-0.05, 0) is 56.2 Å². The summed E-state index contributed by atoms with van der Waals surface area (Å²) in [6.07, 6.45) is -0.984. The molecule has 7 aromatic rings. The molecular formula is C55H57N13O11S6. The minimum atomic E-state index is -1.28. The second-order valence-electron chi connectivity index (χ2n) is 20.3. The Morgan fingerprint density at radius 3 is 2.21 bits per heavy atom. The SMILES string of the molecule is CNC(=O)C[C@@H]1NC(=O)c2csc(n2)-c2ccc(-c3nc(NC(=O)O[C@H]4CC[C@H](C(=O)O)CC4)cs3)nc2-c2csc(n2)-c2csc(n2)[C@H]([C@@H](O)c2ccccc2)NC(=O)CNC(=O)C2N=C(SC2COC)[C@H](C(C)C)NC(=O)c2nc1sc2C. The molecule has 1 saturated carbocycles. The van der Waals surface area contributed by atoms with Crippen LogP contribution in [0.25, 0.3) is 43.4 Å². The number of hydrogen-bond acceptors (Lipinski definition) is 23. The Labute approximate surface area is 510 Å². The van der Waals surface area contributed by atoms with E-state index in [0.717, 1.165) is 11.3 Å². The monoisotopic (exact) mass is 1270 g/mol. The van der Waals surface area contributed by atoms with Crippen LogP contribution in [0.1, 0.15) is 106 Å². The van der Waals surface area contributed by atoms with Crippen molar-refractivity contribution in [2.24, 2.45) is 16.8 Å². The largest absolute Gasteiger partial charge is 0.481 e. The average Bonchev–Trinajstić information content (AvgIpc) is 4.56. The summed E-state index contributed by atoms with van der Waals surface area (Å²) in [5, 5.41) is 46.8. The molecule has 2 unspecified atom stereocenters. The maximum absolute atomic E-state index is 14.3. The molecule has 6 atom stereocenters. The van der Waals surface area contributed by atoms with Gasteiger partial charge in [0.05, 0.1) is 53.6 Å². The molecule has 8 N–H and O–H groups in total. The van der Waals surface area contributed by atoms with Crippen LogP contribution in [0.3, 0.4) is 0 Å². The Kier molecular flexibility index (Phi) is 19.2. The molecule has 1 aliphatic carbocycles. The van der Waals surface area contributed by atoms with Crippen LogP contribution in [0.4, 0.5) is 10.6 Å². The average molecular weight is 1270 g/mol. The van der Waals surface area contributed by atoms with Gasteiger partial charge in [0.1, 0.15) is 83.6 Å². The van der Waals surface area contributed by atoms with Gasteiger partial charge in [-0.2, -0.15) is 0 Å². The third-order valence-corrected chi connectivity index (χ3v) is 20.0. The third-order valence-electron chi connectivity index (χ3n) is 14.1. The minimum Gasteiger partial charge on any atom is -0.481 e. The molecule has 10 rings (SSSR count). The lowest BCUT2D eigenvalue weighted by molar-refractivity contribution is -0.143. The van der Waals surface area contributed by atoms with Gasteiger partial charge in [-0.15, -0.1) is 68.4 Å². The highest BCUT2D eigenvalue weighted by molar-refractivity contribution is 8.15. The van der Waals surface area contributed by atoms with Crippen molar-refractivity contribution in [2.75, 3.05) is 32.6 Å². The molecule has 1 fully saturated rings. The molecule has 8 heterocycles. The first kappa shape index (κ1) is 60.7. The second kappa shape index (κ2) is 26.9. The molecule has 10 bridgehead atoms. The molecule has 1 aromatic carbocycles. The number of benzene rings is 1. The number of methoxy groups -OCH3 is 1. The predicted octanol–water partition coefficient (Wildman–Crippen LogP) is 7.44. The van der Waals surface area contributed by atoms with E-state index < -0.39 is 95.7 Å². The van der Waals surface area contributed by atoms with Gasteiger partial charge in [-0.3, -0.25) is 39.1 Å². The van der Waals surface area contributed by atoms with Gasteiger partial charge >= 0.3 is 12.1 Å². The van der Waals surface area contributed by atoms with Crippen molar-refractivity contribution < 1.29 is 53.2 Å². The number of aliphatic hydroxyl groups is 1. The van der Waals surface area contributed by atoms with E-state index >= 15 is 0 Å². The third kappa shape index (κ3) is 14.1. The lowest BCUT2D eigenvalue weighted by Crippen LogP contribution is -2.45. The van der Waals surface area contributed by atoms with Gasteiger partial charge in [-0.1, -0.05) is 44.2 Å². The van der Waals surface area contributed by atoms with Crippen molar-refractivity contribution >= 4 is 121 Å². The summed E-state index contributed by atoms with van der Waals surface area (Å²) in [5.74, 6) is -4.09. The van der Waals surface area contributed by atoms with E-state index in [-0.39, 0.29) is 36.2 Å². The van der Waals surface area contributed by atoms with E-state index in [0.29, 0.717) is 94.5 Å². The maximum Gasteiger partial charge on any atom is 0.413 e. The van der Waals surface area contributed by atoms with Gasteiger partial charge in [0, 0.05) is 46.1 Å². The van der Waals surface area contributed by atoms with Crippen LogP contribution in [0.2, 0.25) is 0 Å². The van der Waals surface area contributed by atoms with Crippen LogP contribution in [0.5, 0.6) is 0 Å².